The molecule has 0 aliphatic heterocycles. The summed E-state index contributed by atoms with van der Waals surface area (Å²) in [6.45, 7) is 8.52. The molecular formula is C20H29N7O2S. The minimum absolute atomic E-state index is 0.210. The van der Waals surface area contributed by atoms with E-state index in [9.17, 15) is 8.42 Å². The third-order valence-electron chi connectivity index (χ3n) is 4.87. The summed E-state index contributed by atoms with van der Waals surface area (Å²) in [5, 5.41) is 16.2. The normalized spacial score (nSPS) is 12.0. The predicted octanol–water partition coefficient (Wildman–Crippen LogP) is 1.79. The van der Waals surface area contributed by atoms with Crippen molar-refractivity contribution in [2.45, 2.75) is 31.6 Å². The van der Waals surface area contributed by atoms with Crippen LogP contribution in [0.5, 0.6) is 0 Å². The van der Waals surface area contributed by atoms with E-state index in [0.29, 0.717) is 17.9 Å². The number of anilines is 1. The number of nitrogens with zero attached hydrogens (tertiary/aromatic N) is 5. The fourth-order valence-corrected chi connectivity index (χ4v) is 4.18. The van der Waals surface area contributed by atoms with Gasteiger partial charge in [0.25, 0.3) is 0 Å². The zero-order valence-corrected chi connectivity index (χ0v) is 18.3. The van der Waals surface area contributed by atoms with Crippen molar-refractivity contribution < 1.29 is 8.42 Å². The van der Waals surface area contributed by atoms with Crippen LogP contribution >= 0.6 is 0 Å². The topological polar surface area (TPSA) is 105 Å². The first-order valence-electron chi connectivity index (χ1n) is 10.3. The quantitative estimate of drug-likeness (QED) is 0.421. The van der Waals surface area contributed by atoms with E-state index in [1.807, 2.05) is 12.1 Å². The van der Waals surface area contributed by atoms with Crippen LogP contribution in [-0.4, -0.2) is 65.9 Å². The van der Waals surface area contributed by atoms with Gasteiger partial charge in [0.1, 0.15) is 5.82 Å². The van der Waals surface area contributed by atoms with Crippen molar-refractivity contribution in [1.29, 1.82) is 0 Å². The summed E-state index contributed by atoms with van der Waals surface area (Å²) in [4.78, 5) is 2.62. The van der Waals surface area contributed by atoms with Gasteiger partial charge >= 0.3 is 0 Å². The number of benzene rings is 1. The molecule has 1 aromatic carbocycles. The summed E-state index contributed by atoms with van der Waals surface area (Å²) in [6.07, 6.45) is 1.41. The average Bonchev–Trinajstić information content (AvgIpc) is 3.17. The van der Waals surface area contributed by atoms with Gasteiger partial charge < -0.3 is 10.2 Å². The number of fused-ring (bicyclic) bond motifs is 1. The number of aromatic nitrogens is 4. The van der Waals surface area contributed by atoms with Crippen LogP contribution < -0.4 is 10.0 Å². The lowest BCUT2D eigenvalue weighted by atomic mass is 10.3. The maximum atomic E-state index is 12.3. The molecule has 3 rings (SSSR count). The maximum absolute atomic E-state index is 12.3. The number of rotatable bonds is 12. The Morgan fingerprint density at radius 1 is 1.00 bits per heavy atom. The molecule has 2 N–H and O–H groups in total. The highest BCUT2D eigenvalue weighted by Crippen LogP contribution is 2.09. The van der Waals surface area contributed by atoms with Crippen LogP contribution in [0.15, 0.2) is 47.4 Å². The highest BCUT2D eigenvalue weighted by atomic mass is 32.2. The van der Waals surface area contributed by atoms with E-state index in [4.69, 9.17) is 0 Å². The van der Waals surface area contributed by atoms with Crippen LogP contribution in [0.25, 0.3) is 5.65 Å². The maximum Gasteiger partial charge on any atom is 0.240 e. The van der Waals surface area contributed by atoms with Gasteiger partial charge in [0.15, 0.2) is 11.5 Å². The van der Waals surface area contributed by atoms with Crippen molar-refractivity contribution in [2.24, 2.45) is 0 Å². The summed E-state index contributed by atoms with van der Waals surface area (Å²) in [7, 11) is -3.55. The molecule has 0 atom stereocenters. The van der Waals surface area contributed by atoms with Crippen molar-refractivity contribution in [2.75, 3.05) is 38.0 Å². The third-order valence-corrected chi connectivity index (χ3v) is 6.35. The Hall–Kier alpha value is -2.56. The first-order chi connectivity index (χ1) is 14.5. The molecule has 0 unspecified atom stereocenters. The van der Waals surface area contributed by atoms with Gasteiger partial charge in [0, 0.05) is 19.5 Å². The van der Waals surface area contributed by atoms with Gasteiger partial charge in [-0.1, -0.05) is 32.0 Å². The van der Waals surface area contributed by atoms with Crippen molar-refractivity contribution in [3.63, 3.8) is 0 Å². The van der Waals surface area contributed by atoms with Crippen molar-refractivity contribution >= 4 is 21.5 Å². The fraction of sp³-hybridized carbons (Fsp3) is 0.450. The van der Waals surface area contributed by atoms with Gasteiger partial charge in [-0.05, 0) is 50.3 Å². The number of hydrogen-bond donors (Lipinski definition) is 2. The molecule has 10 heteroatoms. The van der Waals surface area contributed by atoms with Crippen molar-refractivity contribution in [1.82, 2.24) is 29.4 Å². The molecule has 0 aliphatic carbocycles. The minimum Gasteiger partial charge on any atom is -0.369 e. The molecule has 162 valence electrons. The molecule has 0 saturated carbocycles. The summed E-state index contributed by atoms with van der Waals surface area (Å²) < 4.78 is 28.9. The molecular weight excluding hydrogens is 402 g/mol. The first kappa shape index (κ1) is 22.1. The summed E-state index contributed by atoms with van der Waals surface area (Å²) in [5.74, 6) is 1.35. The SMILES string of the molecule is CCN(CC)CCCNc1ccc2nnc(CCNS(=O)(=O)c3ccccc3)n2n1. The molecule has 9 nitrogen and oxygen atoms in total. The standard InChI is InChI=1S/C20H29N7O2S/c1-3-26(4-2)16-8-14-21-18-11-12-19-23-24-20(27(19)25-18)13-15-22-30(28,29)17-9-6-5-7-10-17/h5-7,9-12,22H,3-4,8,13-16H2,1-2H3,(H,21,25). The molecule has 0 aliphatic rings. The zero-order valence-electron chi connectivity index (χ0n) is 17.5. The van der Waals surface area contributed by atoms with Crippen LogP contribution in [0, 0.1) is 0 Å². The molecule has 0 fully saturated rings. The lowest BCUT2D eigenvalue weighted by molar-refractivity contribution is 0.303. The van der Waals surface area contributed by atoms with E-state index in [1.165, 1.54) is 0 Å². The fourth-order valence-electron chi connectivity index (χ4n) is 3.12. The van der Waals surface area contributed by atoms with Crippen LogP contribution in [0.2, 0.25) is 0 Å². The van der Waals surface area contributed by atoms with Crippen LogP contribution in [0.1, 0.15) is 26.1 Å². The molecule has 2 heterocycles. The lowest BCUT2D eigenvalue weighted by Gasteiger charge is -2.17. The van der Waals surface area contributed by atoms with E-state index in [1.54, 1.807) is 34.8 Å². The number of hydrogen-bond acceptors (Lipinski definition) is 7. The Bertz CT molecular complexity index is 1030. The van der Waals surface area contributed by atoms with Gasteiger partial charge in [-0.3, -0.25) is 0 Å². The Morgan fingerprint density at radius 3 is 2.50 bits per heavy atom. The Balaban J connectivity index is 1.57. The van der Waals surface area contributed by atoms with Gasteiger partial charge in [-0.2, -0.15) is 4.52 Å². The second-order valence-electron chi connectivity index (χ2n) is 6.87. The number of sulfonamides is 1. The molecule has 2 aromatic heterocycles. The van der Waals surface area contributed by atoms with E-state index in [0.717, 1.165) is 38.4 Å². The van der Waals surface area contributed by atoms with Crippen LogP contribution in [-0.2, 0) is 16.4 Å². The molecule has 3 aromatic rings. The molecule has 0 saturated heterocycles. The molecule has 0 radical (unpaired) electrons. The summed E-state index contributed by atoms with van der Waals surface area (Å²) in [6, 6.07) is 12.0. The predicted molar refractivity (Wildman–Crippen MR) is 117 cm³/mol. The van der Waals surface area contributed by atoms with Crippen LogP contribution in [0.4, 0.5) is 5.82 Å². The highest BCUT2D eigenvalue weighted by Gasteiger charge is 2.14. The molecule has 0 amide bonds. The third kappa shape index (κ3) is 5.74. The van der Waals surface area contributed by atoms with Gasteiger partial charge in [-0.15, -0.1) is 15.3 Å². The highest BCUT2D eigenvalue weighted by molar-refractivity contribution is 7.89. The van der Waals surface area contributed by atoms with E-state index in [-0.39, 0.29) is 11.4 Å². The summed E-state index contributed by atoms with van der Waals surface area (Å²) >= 11 is 0. The van der Waals surface area contributed by atoms with Gasteiger partial charge in [-0.25, -0.2) is 13.1 Å². The number of nitrogens with one attached hydrogen (secondary N) is 2. The van der Waals surface area contributed by atoms with Gasteiger partial charge in [0.2, 0.25) is 10.0 Å². The Morgan fingerprint density at radius 2 is 1.77 bits per heavy atom. The van der Waals surface area contributed by atoms with E-state index >= 15 is 0 Å². The second kappa shape index (κ2) is 10.5. The molecule has 0 bridgehead atoms. The summed E-state index contributed by atoms with van der Waals surface area (Å²) in [5.41, 5.74) is 0.629. The van der Waals surface area contributed by atoms with Gasteiger partial charge in [0.05, 0.1) is 4.90 Å². The van der Waals surface area contributed by atoms with Crippen molar-refractivity contribution in [3.05, 3.63) is 48.3 Å². The van der Waals surface area contributed by atoms with Crippen molar-refractivity contribution in [3.8, 4) is 0 Å². The second-order valence-corrected chi connectivity index (χ2v) is 8.64. The smallest absolute Gasteiger partial charge is 0.240 e. The minimum atomic E-state index is -3.55. The van der Waals surface area contributed by atoms with E-state index < -0.39 is 10.0 Å². The monoisotopic (exact) mass is 431 g/mol. The Labute approximate surface area is 177 Å². The van der Waals surface area contributed by atoms with Crippen LogP contribution in [0.3, 0.4) is 0 Å². The average molecular weight is 432 g/mol. The molecule has 30 heavy (non-hydrogen) atoms. The lowest BCUT2D eigenvalue weighted by Crippen LogP contribution is -2.26. The zero-order chi connectivity index (χ0) is 21.4. The largest absolute Gasteiger partial charge is 0.369 e. The van der Waals surface area contributed by atoms with E-state index in [2.05, 4.69) is 44.1 Å². The molecule has 0 spiro atoms. The first-order valence-corrected chi connectivity index (χ1v) is 11.7. The Kier molecular flexibility index (Phi) is 7.72.